The highest BCUT2D eigenvalue weighted by molar-refractivity contribution is 5.23. The maximum absolute atomic E-state index is 13.2. The molecule has 3 heteroatoms. The molecule has 0 fully saturated rings. The molecule has 0 spiro atoms. The van der Waals surface area contributed by atoms with Gasteiger partial charge in [-0.1, -0.05) is 18.2 Å². The molecule has 0 saturated carbocycles. The van der Waals surface area contributed by atoms with Gasteiger partial charge in [-0.15, -0.1) is 0 Å². The van der Waals surface area contributed by atoms with Crippen LogP contribution in [-0.2, 0) is 10.3 Å². The molecule has 0 aliphatic heterocycles. The van der Waals surface area contributed by atoms with E-state index in [9.17, 15) is 9.50 Å². The quantitative estimate of drug-likeness (QED) is 0.774. The maximum Gasteiger partial charge on any atom is 0.129 e. The molecule has 0 aromatic heterocycles. The second-order valence-corrected chi connectivity index (χ2v) is 3.19. The minimum absolute atomic E-state index is 0.0773. The summed E-state index contributed by atoms with van der Waals surface area (Å²) in [6.07, 6.45) is 0. The number of halogens is 1. The Morgan fingerprint density at radius 2 is 2.08 bits per heavy atom. The zero-order valence-corrected chi connectivity index (χ0v) is 7.75. The summed E-state index contributed by atoms with van der Waals surface area (Å²) in [7, 11) is 1.47. The van der Waals surface area contributed by atoms with Crippen LogP contribution in [-0.4, -0.2) is 18.8 Å². The number of methoxy groups -OCH3 is 1. The van der Waals surface area contributed by atoms with Crippen LogP contribution >= 0.6 is 0 Å². The molecule has 72 valence electrons. The fourth-order valence-electron chi connectivity index (χ4n) is 1.26. The van der Waals surface area contributed by atoms with Gasteiger partial charge in [0.1, 0.15) is 11.4 Å². The normalized spacial score (nSPS) is 15.4. The van der Waals surface area contributed by atoms with Gasteiger partial charge in [0, 0.05) is 12.7 Å². The van der Waals surface area contributed by atoms with Crippen molar-refractivity contribution in [1.29, 1.82) is 0 Å². The van der Waals surface area contributed by atoms with Crippen molar-refractivity contribution in [2.75, 3.05) is 13.7 Å². The average molecular weight is 184 g/mol. The van der Waals surface area contributed by atoms with E-state index >= 15 is 0 Å². The van der Waals surface area contributed by atoms with Crippen molar-refractivity contribution in [3.63, 3.8) is 0 Å². The van der Waals surface area contributed by atoms with E-state index in [-0.39, 0.29) is 12.2 Å². The third-order valence-corrected chi connectivity index (χ3v) is 1.88. The second kappa shape index (κ2) is 3.85. The van der Waals surface area contributed by atoms with Crippen LogP contribution < -0.4 is 0 Å². The van der Waals surface area contributed by atoms with Crippen LogP contribution in [0.15, 0.2) is 24.3 Å². The third-order valence-electron chi connectivity index (χ3n) is 1.88. The second-order valence-electron chi connectivity index (χ2n) is 3.19. The summed E-state index contributed by atoms with van der Waals surface area (Å²) >= 11 is 0. The van der Waals surface area contributed by atoms with Crippen LogP contribution in [0.5, 0.6) is 0 Å². The molecule has 0 saturated heterocycles. The summed E-state index contributed by atoms with van der Waals surface area (Å²) in [5.74, 6) is -0.412. The number of benzene rings is 1. The predicted octanol–water partition coefficient (Wildman–Crippen LogP) is 1.68. The molecule has 13 heavy (non-hydrogen) atoms. The standard InChI is InChI=1S/C10H13FO2/c1-10(12,7-13-2)8-5-3-4-6-9(8)11/h3-6,12H,7H2,1-2H3. The molecule has 1 aromatic carbocycles. The maximum atomic E-state index is 13.2. The molecular formula is C10H13FO2. The molecule has 1 N–H and O–H groups in total. The molecule has 1 atom stereocenters. The van der Waals surface area contributed by atoms with Gasteiger partial charge in [-0.3, -0.25) is 0 Å². The van der Waals surface area contributed by atoms with Gasteiger partial charge in [0.25, 0.3) is 0 Å². The summed E-state index contributed by atoms with van der Waals surface area (Å²) in [5, 5.41) is 9.80. The number of rotatable bonds is 3. The molecule has 2 nitrogen and oxygen atoms in total. The monoisotopic (exact) mass is 184 g/mol. The minimum atomic E-state index is -1.26. The van der Waals surface area contributed by atoms with Crippen molar-refractivity contribution < 1.29 is 14.2 Å². The first kappa shape index (κ1) is 10.2. The van der Waals surface area contributed by atoms with Crippen LogP contribution in [0.1, 0.15) is 12.5 Å². The first-order valence-corrected chi connectivity index (χ1v) is 4.04. The number of ether oxygens (including phenoxy) is 1. The molecule has 1 rings (SSSR count). The summed E-state index contributed by atoms with van der Waals surface area (Å²) in [6, 6.07) is 6.14. The lowest BCUT2D eigenvalue weighted by molar-refractivity contribution is -0.0232. The highest BCUT2D eigenvalue weighted by Gasteiger charge is 2.25. The summed E-state index contributed by atoms with van der Waals surface area (Å²) in [6.45, 7) is 1.60. The number of hydrogen-bond acceptors (Lipinski definition) is 2. The Hall–Kier alpha value is -0.930. The Bertz CT molecular complexity index is 284. The minimum Gasteiger partial charge on any atom is -0.383 e. The third kappa shape index (κ3) is 2.26. The van der Waals surface area contributed by atoms with Crippen molar-refractivity contribution in [2.45, 2.75) is 12.5 Å². The Balaban J connectivity index is 2.99. The molecule has 1 aromatic rings. The molecule has 0 bridgehead atoms. The van der Waals surface area contributed by atoms with Crippen LogP contribution in [0.4, 0.5) is 4.39 Å². The molecule has 0 amide bonds. The predicted molar refractivity (Wildman–Crippen MR) is 47.8 cm³/mol. The summed E-state index contributed by atoms with van der Waals surface area (Å²) < 4.78 is 18.0. The van der Waals surface area contributed by atoms with Gasteiger partial charge < -0.3 is 9.84 Å². The van der Waals surface area contributed by atoms with Crippen molar-refractivity contribution in [3.05, 3.63) is 35.6 Å². The topological polar surface area (TPSA) is 29.5 Å². The molecule has 0 heterocycles. The lowest BCUT2D eigenvalue weighted by Crippen LogP contribution is -2.28. The van der Waals surface area contributed by atoms with E-state index in [0.29, 0.717) is 0 Å². The molecule has 0 aliphatic rings. The van der Waals surface area contributed by atoms with Crippen LogP contribution in [0.2, 0.25) is 0 Å². The van der Waals surface area contributed by atoms with E-state index in [1.165, 1.54) is 20.1 Å². The molecule has 0 radical (unpaired) electrons. The van der Waals surface area contributed by atoms with Crippen molar-refractivity contribution >= 4 is 0 Å². The van der Waals surface area contributed by atoms with Gasteiger partial charge in [0.05, 0.1) is 6.61 Å². The number of aliphatic hydroxyl groups is 1. The van der Waals surface area contributed by atoms with Crippen molar-refractivity contribution in [1.82, 2.24) is 0 Å². The van der Waals surface area contributed by atoms with E-state index < -0.39 is 11.4 Å². The van der Waals surface area contributed by atoms with E-state index in [1.54, 1.807) is 18.2 Å². The average Bonchev–Trinajstić information content (AvgIpc) is 2.04. The molecule has 1 unspecified atom stereocenters. The zero-order chi connectivity index (χ0) is 9.90. The SMILES string of the molecule is COCC(C)(O)c1ccccc1F. The van der Waals surface area contributed by atoms with E-state index in [0.717, 1.165) is 0 Å². The van der Waals surface area contributed by atoms with Gasteiger partial charge in [0.2, 0.25) is 0 Å². The Labute approximate surface area is 77.0 Å². The van der Waals surface area contributed by atoms with E-state index in [2.05, 4.69) is 0 Å². The molecule has 0 aliphatic carbocycles. The Morgan fingerprint density at radius 1 is 1.46 bits per heavy atom. The smallest absolute Gasteiger partial charge is 0.129 e. The lowest BCUT2D eigenvalue weighted by atomic mass is 9.96. The van der Waals surface area contributed by atoms with Gasteiger partial charge in [-0.2, -0.15) is 0 Å². The van der Waals surface area contributed by atoms with Crippen LogP contribution in [0.3, 0.4) is 0 Å². The van der Waals surface area contributed by atoms with Gasteiger partial charge in [0.15, 0.2) is 0 Å². The van der Waals surface area contributed by atoms with E-state index in [4.69, 9.17) is 4.74 Å². The Morgan fingerprint density at radius 3 is 2.62 bits per heavy atom. The highest BCUT2D eigenvalue weighted by atomic mass is 19.1. The first-order valence-electron chi connectivity index (χ1n) is 4.04. The van der Waals surface area contributed by atoms with Gasteiger partial charge >= 0.3 is 0 Å². The van der Waals surface area contributed by atoms with Crippen molar-refractivity contribution in [3.8, 4) is 0 Å². The number of hydrogen-bond donors (Lipinski definition) is 1. The highest BCUT2D eigenvalue weighted by Crippen LogP contribution is 2.23. The largest absolute Gasteiger partial charge is 0.383 e. The Kier molecular flexibility index (Phi) is 3.01. The fourth-order valence-corrected chi connectivity index (χ4v) is 1.26. The van der Waals surface area contributed by atoms with Gasteiger partial charge in [-0.05, 0) is 13.0 Å². The van der Waals surface area contributed by atoms with Crippen LogP contribution in [0.25, 0.3) is 0 Å². The van der Waals surface area contributed by atoms with Crippen LogP contribution in [0, 0.1) is 5.82 Å². The first-order chi connectivity index (χ1) is 6.08. The lowest BCUT2D eigenvalue weighted by Gasteiger charge is -2.22. The summed E-state index contributed by atoms with van der Waals surface area (Å²) in [4.78, 5) is 0. The van der Waals surface area contributed by atoms with E-state index in [1.807, 2.05) is 0 Å². The molecular weight excluding hydrogens is 171 g/mol. The van der Waals surface area contributed by atoms with Crippen molar-refractivity contribution in [2.24, 2.45) is 0 Å². The van der Waals surface area contributed by atoms with Gasteiger partial charge in [-0.25, -0.2) is 4.39 Å². The summed E-state index contributed by atoms with van der Waals surface area (Å²) in [5.41, 5.74) is -1.00. The zero-order valence-electron chi connectivity index (χ0n) is 7.75. The fraction of sp³-hybridized carbons (Fsp3) is 0.400.